The van der Waals surface area contributed by atoms with Gasteiger partial charge in [-0.3, -0.25) is 16.0 Å². The highest BCUT2D eigenvalue weighted by molar-refractivity contribution is 5.01. The third-order valence-electron chi connectivity index (χ3n) is 6.93. The number of ether oxygens (including phenoxy) is 1. The summed E-state index contributed by atoms with van der Waals surface area (Å²) in [7, 11) is 2.04. The molecule has 0 aromatic rings. The summed E-state index contributed by atoms with van der Waals surface area (Å²) in [6.45, 7) is 3.57. The van der Waals surface area contributed by atoms with Gasteiger partial charge in [0.25, 0.3) is 0 Å². The van der Waals surface area contributed by atoms with Gasteiger partial charge in [-0.2, -0.15) is 0 Å². The minimum atomic E-state index is -0.942. The number of hydrogen-bond donors (Lipinski definition) is 7. The number of nitrogens with one attached hydrogen (secondary N) is 4. The Bertz CT molecular complexity index is 524. The maximum Gasteiger partial charge on any atom is 0.142 e. The Morgan fingerprint density at radius 2 is 1.93 bits per heavy atom. The van der Waals surface area contributed by atoms with Crippen LogP contribution < -0.4 is 27.0 Å². The zero-order valence-corrected chi connectivity index (χ0v) is 17.5. The number of aliphatic hydroxyl groups is 2. The molecule has 3 unspecified atom stereocenters. The Labute approximate surface area is 173 Å². The second-order valence-electron chi connectivity index (χ2n) is 9.06. The molecule has 168 valence electrons. The number of nitrogens with zero attached hydrogens (tertiary/aromatic N) is 2. The normalized spacial score (nSPS) is 41.9. The molecule has 4 aliphatic rings. The molecule has 0 bridgehead atoms. The molecule has 1 saturated carbocycles. The molecular formula is C19H39N7O3. The summed E-state index contributed by atoms with van der Waals surface area (Å²) in [4.78, 5) is 4.20. The first-order valence-electron chi connectivity index (χ1n) is 11.2. The molecule has 7 atom stereocenters. The maximum atomic E-state index is 10.7. The zero-order valence-electron chi connectivity index (χ0n) is 17.5. The van der Waals surface area contributed by atoms with Gasteiger partial charge in [-0.15, -0.1) is 0 Å². The number of rotatable bonds is 7. The van der Waals surface area contributed by atoms with Gasteiger partial charge in [0.2, 0.25) is 0 Å². The third-order valence-corrected chi connectivity index (χ3v) is 6.93. The van der Waals surface area contributed by atoms with E-state index >= 15 is 0 Å². The molecule has 1 aliphatic carbocycles. The predicted molar refractivity (Wildman–Crippen MR) is 110 cm³/mol. The minimum absolute atomic E-state index is 0.0317. The number of fused-ring (bicyclic) bond motifs is 1. The van der Waals surface area contributed by atoms with E-state index in [4.69, 9.17) is 10.5 Å². The van der Waals surface area contributed by atoms with Gasteiger partial charge in [0, 0.05) is 32.3 Å². The average Bonchev–Trinajstić information content (AvgIpc) is 3.26. The molecule has 0 aromatic carbocycles. The van der Waals surface area contributed by atoms with Crippen LogP contribution in [0.2, 0.25) is 0 Å². The van der Waals surface area contributed by atoms with Gasteiger partial charge in [0.15, 0.2) is 0 Å². The van der Waals surface area contributed by atoms with Gasteiger partial charge in [-0.05, 0) is 19.9 Å². The van der Waals surface area contributed by atoms with Gasteiger partial charge < -0.3 is 30.9 Å². The van der Waals surface area contributed by atoms with Crippen molar-refractivity contribution < 1.29 is 14.9 Å². The van der Waals surface area contributed by atoms with Crippen molar-refractivity contribution in [3.63, 3.8) is 0 Å². The monoisotopic (exact) mass is 413 g/mol. The highest BCUT2D eigenvalue weighted by Gasteiger charge is 2.51. The Kier molecular flexibility index (Phi) is 7.39. The molecule has 0 radical (unpaired) electrons. The highest BCUT2D eigenvalue weighted by Crippen LogP contribution is 2.28. The molecule has 8 N–H and O–H groups in total. The summed E-state index contributed by atoms with van der Waals surface area (Å²) < 4.78 is 6.14. The van der Waals surface area contributed by atoms with Crippen LogP contribution in [0, 0.1) is 0 Å². The van der Waals surface area contributed by atoms with Crippen LogP contribution in [0.15, 0.2) is 0 Å². The van der Waals surface area contributed by atoms with Crippen molar-refractivity contribution in [3.05, 3.63) is 0 Å². The van der Waals surface area contributed by atoms with Crippen LogP contribution in [0.4, 0.5) is 0 Å². The standard InChI is InChI=1S/C19H39N7O3/c1-25(8-7-21-12-5-3-2-4-6-12)9-13-15(27)16(28)19(29-13)26-11-24-14-17(20)22-10-23-18(14)26/h12-19,21-24,27-28H,2-11,20H2,1H3/t13-,14?,15-,16-,17?,18?,19-/m1/s1. The molecule has 0 spiro atoms. The molecule has 10 heteroatoms. The van der Waals surface area contributed by atoms with E-state index in [2.05, 4.69) is 26.2 Å². The van der Waals surface area contributed by atoms with E-state index in [9.17, 15) is 10.2 Å². The molecule has 3 heterocycles. The van der Waals surface area contributed by atoms with E-state index in [-0.39, 0.29) is 18.4 Å². The summed E-state index contributed by atoms with van der Waals surface area (Å²) in [5, 5.41) is 34.8. The number of aliphatic hydroxyl groups excluding tert-OH is 2. The van der Waals surface area contributed by atoms with E-state index in [0.29, 0.717) is 25.9 Å². The van der Waals surface area contributed by atoms with Crippen molar-refractivity contribution in [2.75, 3.05) is 40.0 Å². The second kappa shape index (κ2) is 9.82. The summed E-state index contributed by atoms with van der Waals surface area (Å²) >= 11 is 0. The lowest BCUT2D eigenvalue weighted by molar-refractivity contribution is -0.106. The summed E-state index contributed by atoms with van der Waals surface area (Å²) in [5.41, 5.74) is 6.13. The van der Waals surface area contributed by atoms with Crippen LogP contribution in [0.3, 0.4) is 0 Å². The summed E-state index contributed by atoms with van der Waals surface area (Å²) in [5.74, 6) is 0. The lowest BCUT2D eigenvalue weighted by Crippen LogP contribution is -2.68. The third kappa shape index (κ3) is 4.93. The molecular weight excluding hydrogens is 374 g/mol. The fourth-order valence-electron chi connectivity index (χ4n) is 5.17. The van der Waals surface area contributed by atoms with Crippen LogP contribution in [0.1, 0.15) is 32.1 Å². The van der Waals surface area contributed by atoms with Crippen LogP contribution in [-0.4, -0.2) is 109 Å². The lowest BCUT2D eigenvalue weighted by Gasteiger charge is -2.38. The molecule has 4 rings (SSSR count). The van der Waals surface area contributed by atoms with Crippen molar-refractivity contribution in [2.24, 2.45) is 5.73 Å². The van der Waals surface area contributed by atoms with Crippen LogP contribution in [-0.2, 0) is 4.74 Å². The molecule has 10 nitrogen and oxygen atoms in total. The smallest absolute Gasteiger partial charge is 0.142 e. The Hall–Kier alpha value is -0.400. The Morgan fingerprint density at radius 3 is 2.72 bits per heavy atom. The SMILES string of the molecule is CN(CCNC1CCCCC1)C[C@H]1O[C@@H](N2CNC3C(N)NCNC32)[C@H](O)[C@@H]1O. The van der Waals surface area contributed by atoms with E-state index < -0.39 is 24.5 Å². The molecule has 4 fully saturated rings. The van der Waals surface area contributed by atoms with Crippen LogP contribution in [0.5, 0.6) is 0 Å². The van der Waals surface area contributed by atoms with E-state index in [0.717, 1.165) is 13.1 Å². The zero-order chi connectivity index (χ0) is 20.4. The first kappa shape index (κ1) is 21.8. The Balaban J connectivity index is 1.25. The van der Waals surface area contributed by atoms with Crippen LogP contribution >= 0.6 is 0 Å². The number of nitrogens with two attached hydrogens (primary N) is 1. The van der Waals surface area contributed by atoms with E-state index in [1.165, 1.54) is 32.1 Å². The number of hydrogen-bond acceptors (Lipinski definition) is 10. The first-order chi connectivity index (χ1) is 14.0. The maximum absolute atomic E-state index is 10.7. The lowest BCUT2D eigenvalue weighted by atomic mass is 9.95. The second-order valence-corrected chi connectivity index (χ2v) is 9.06. The topological polar surface area (TPSA) is 130 Å². The fourth-order valence-corrected chi connectivity index (χ4v) is 5.17. The summed E-state index contributed by atoms with van der Waals surface area (Å²) in [6, 6.07) is 0.681. The molecule has 0 amide bonds. The van der Waals surface area contributed by atoms with Crippen molar-refractivity contribution >= 4 is 0 Å². The highest BCUT2D eigenvalue weighted by atomic mass is 16.6. The molecule has 3 aliphatic heterocycles. The summed E-state index contributed by atoms with van der Waals surface area (Å²) in [6.07, 6.45) is 3.59. The molecule has 0 aromatic heterocycles. The van der Waals surface area contributed by atoms with Crippen molar-refractivity contribution in [2.45, 2.75) is 81.1 Å². The van der Waals surface area contributed by atoms with Gasteiger partial charge in [0.1, 0.15) is 24.5 Å². The minimum Gasteiger partial charge on any atom is -0.387 e. The average molecular weight is 414 g/mol. The van der Waals surface area contributed by atoms with Crippen molar-refractivity contribution in [3.8, 4) is 0 Å². The molecule has 29 heavy (non-hydrogen) atoms. The van der Waals surface area contributed by atoms with Crippen molar-refractivity contribution in [1.29, 1.82) is 0 Å². The van der Waals surface area contributed by atoms with E-state index in [1.54, 1.807) is 0 Å². The molecule has 3 saturated heterocycles. The predicted octanol–water partition coefficient (Wildman–Crippen LogP) is -2.72. The Morgan fingerprint density at radius 1 is 1.14 bits per heavy atom. The van der Waals surface area contributed by atoms with Gasteiger partial charge in [-0.1, -0.05) is 19.3 Å². The van der Waals surface area contributed by atoms with Gasteiger partial charge in [0.05, 0.1) is 25.0 Å². The number of likely N-dealkylation sites (N-methyl/N-ethyl adjacent to an activating group) is 1. The fraction of sp³-hybridized carbons (Fsp3) is 1.00. The van der Waals surface area contributed by atoms with Gasteiger partial charge >= 0.3 is 0 Å². The van der Waals surface area contributed by atoms with Crippen molar-refractivity contribution in [1.82, 2.24) is 31.1 Å². The quantitative estimate of drug-likeness (QED) is 0.236. The van der Waals surface area contributed by atoms with Gasteiger partial charge in [-0.25, -0.2) is 4.90 Å². The first-order valence-corrected chi connectivity index (χ1v) is 11.2. The van der Waals surface area contributed by atoms with Crippen LogP contribution in [0.25, 0.3) is 0 Å². The largest absolute Gasteiger partial charge is 0.387 e. The van der Waals surface area contributed by atoms with E-state index in [1.807, 2.05) is 11.9 Å².